The van der Waals surface area contributed by atoms with Gasteiger partial charge in [-0.25, -0.2) is 0 Å². The number of hydrogen-bond donors (Lipinski definition) is 3. The number of nitrogens with one attached hydrogen (secondary N) is 3. The van der Waals surface area contributed by atoms with Crippen LogP contribution >= 0.6 is 12.2 Å². The van der Waals surface area contributed by atoms with Crippen LogP contribution in [0.25, 0.3) is 0 Å². The van der Waals surface area contributed by atoms with E-state index in [4.69, 9.17) is 12.2 Å². The molecule has 0 atom stereocenters. The van der Waals surface area contributed by atoms with Gasteiger partial charge in [-0.05, 0) is 47.6 Å². The fourth-order valence-electron chi connectivity index (χ4n) is 2.97. The average Bonchev–Trinajstić information content (AvgIpc) is 2.71. The van der Waals surface area contributed by atoms with Crippen LogP contribution in [0.15, 0.2) is 84.9 Å². The van der Waals surface area contributed by atoms with Crippen molar-refractivity contribution in [1.82, 2.24) is 5.32 Å². The van der Waals surface area contributed by atoms with Crippen LogP contribution in [0.3, 0.4) is 0 Å². The number of benzene rings is 3. The number of anilines is 2. The van der Waals surface area contributed by atoms with Crippen LogP contribution < -0.4 is 16.0 Å². The topological polar surface area (TPSA) is 70.2 Å². The molecule has 0 unspecified atom stereocenters. The van der Waals surface area contributed by atoms with E-state index in [0.29, 0.717) is 11.4 Å². The van der Waals surface area contributed by atoms with E-state index in [0.717, 1.165) is 11.1 Å². The van der Waals surface area contributed by atoms with Crippen molar-refractivity contribution in [3.8, 4) is 0 Å². The molecule has 0 saturated carbocycles. The first-order valence-electron chi connectivity index (χ1n) is 9.12. The highest BCUT2D eigenvalue weighted by atomic mass is 32.1. The standard InChI is InChI=1S/C23H21N3O2S/c1-16(27)24-19-12-14-20(15-13-19)25-23(29)26-22(28)21(17-8-4-2-5-9-17)18-10-6-3-7-11-18/h2-15,21H,1H3,(H,24,27)(H2,25,26,28,29). The number of hydrogen-bond acceptors (Lipinski definition) is 3. The number of rotatable bonds is 5. The monoisotopic (exact) mass is 403 g/mol. The number of amides is 2. The zero-order valence-electron chi connectivity index (χ0n) is 15.9. The summed E-state index contributed by atoms with van der Waals surface area (Å²) in [5.74, 6) is -0.824. The molecule has 0 saturated heterocycles. The molecular formula is C23H21N3O2S. The Labute approximate surface area is 175 Å². The van der Waals surface area contributed by atoms with Gasteiger partial charge in [-0.3, -0.25) is 9.59 Å². The molecule has 0 radical (unpaired) electrons. The van der Waals surface area contributed by atoms with Gasteiger partial charge in [0.15, 0.2) is 5.11 Å². The van der Waals surface area contributed by atoms with Crippen LogP contribution in [0.1, 0.15) is 24.0 Å². The van der Waals surface area contributed by atoms with Crippen LogP contribution in [0.5, 0.6) is 0 Å². The molecule has 0 aliphatic rings. The van der Waals surface area contributed by atoms with Gasteiger partial charge in [0.05, 0.1) is 5.92 Å². The van der Waals surface area contributed by atoms with E-state index >= 15 is 0 Å². The van der Waals surface area contributed by atoms with Gasteiger partial charge < -0.3 is 16.0 Å². The van der Waals surface area contributed by atoms with Crippen molar-refractivity contribution >= 4 is 40.5 Å². The van der Waals surface area contributed by atoms with E-state index in [1.807, 2.05) is 60.7 Å². The highest BCUT2D eigenvalue weighted by molar-refractivity contribution is 7.80. The van der Waals surface area contributed by atoms with Crippen molar-refractivity contribution in [3.05, 3.63) is 96.1 Å². The predicted octanol–water partition coefficient (Wildman–Crippen LogP) is 4.29. The lowest BCUT2D eigenvalue weighted by Gasteiger charge is -2.18. The summed E-state index contributed by atoms with van der Waals surface area (Å²) >= 11 is 5.32. The predicted molar refractivity (Wildman–Crippen MR) is 120 cm³/mol. The lowest BCUT2D eigenvalue weighted by Crippen LogP contribution is -2.37. The van der Waals surface area contributed by atoms with Gasteiger partial charge in [0.2, 0.25) is 11.8 Å². The van der Waals surface area contributed by atoms with Crippen molar-refractivity contribution in [2.45, 2.75) is 12.8 Å². The van der Waals surface area contributed by atoms with Crippen LogP contribution in [0.2, 0.25) is 0 Å². The summed E-state index contributed by atoms with van der Waals surface area (Å²) < 4.78 is 0. The summed E-state index contributed by atoms with van der Waals surface area (Å²) in [6, 6.07) is 26.2. The molecule has 0 bridgehead atoms. The minimum Gasteiger partial charge on any atom is -0.332 e. The molecule has 29 heavy (non-hydrogen) atoms. The highest BCUT2D eigenvalue weighted by Gasteiger charge is 2.23. The summed E-state index contributed by atoms with van der Waals surface area (Å²) in [4.78, 5) is 24.1. The molecule has 2 amide bonds. The SMILES string of the molecule is CC(=O)Nc1ccc(NC(=S)NC(=O)C(c2ccccc2)c2ccccc2)cc1. The molecule has 3 rings (SSSR count). The molecule has 0 aromatic heterocycles. The molecule has 3 aromatic carbocycles. The fraction of sp³-hybridized carbons (Fsp3) is 0.0870. The Morgan fingerprint density at radius 2 is 1.17 bits per heavy atom. The third-order valence-corrected chi connectivity index (χ3v) is 4.43. The summed E-state index contributed by atoms with van der Waals surface area (Å²) in [7, 11) is 0. The highest BCUT2D eigenvalue weighted by Crippen LogP contribution is 2.24. The fourth-order valence-corrected chi connectivity index (χ4v) is 3.19. The Hall–Kier alpha value is -3.51. The molecule has 146 valence electrons. The van der Waals surface area contributed by atoms with Crippen molar-refractivity contribution in [1.29, 1.82) is 0 Å². The quantitative estimate of drug-likeness (QED) is 0.556. The third kappa shape index (κ3) is 5.73. The van der Waals surface area contributed by atoms with E-state index < -0.39 is 5.92 Å². The Kier molecular flexibility index (Phi) is 6.71. The van der Waals surface area contributed by atoms with Gasteiger partial charge in [-0.1, -0.05) is 60.7 Å². The van der Waals surface area contributed by atoms with Gasteiger partial charge in [-0.2, -0.15) is 0 Å². The van der Waals surface area contributed by atoms with Gasteiger partial charge in [0, 0.05) is 18.3 Å². The Morgan fingerprint density at radius 1 is 0.724 bits per heavy atom. The summed E-state index contributed by atoms with van der Waals surface area (Å²) in [5.41, 5.74) is 3.17. The lowest BCUT2D eigenvalue weighted by atomic mass is 9.90. The molecule has 0 spiro atoms. The van der Waals surface area contributed by atoms with Crippen LogP contribution in [0, 0.1) is 0 Å². The van der Waals surface area contributed by atoms with Crippen molar-refractivity contribution in [2.24, 2.45) is 0 Å². The first-order chi connectivity index (χ1) is 14.0. The minimum atomic E-state index is -0.473. The molecule has 5 nitrogen and oxygen atoms in total. The first kappa shape index (κ1) is 20.2. The molecule has 3 N–H and O–H groups in total. The first-order valence-corrected chi connectivity index (χ1v) is 9.53. The smallest absolute Gasteiger partial charge is 0.238 e. The number of carbonyl (C=O) groups is 2. The molecule has 0 heterocycles. The Balaban J connectivity index is 1.71. The zero-order chi connectivity index (χ0) is 20.6. The molecule has 6 heteroatoms. The van der Waals surface area contributed by atoms with Gasteiger partial charge in [0.1, 0.15) is 0 Å². The largest absolute Gasteiger partial charge is 0.332 e. The summed E-state index contributed by atoms with van der Waals surface area (Å²) in [5, 5.41) is 8.69. The zero-order valence-corrected chi connectivity index (χ0v) is 16.7. The minimum absolute atomic E-state index is 0.138. The maximum absolute atomic E-state index is 13.0. The van der Waals surface area contributed by atoms with Crippen molar-refractivity contribution < 1.29 is 9.59 Å². The van der Waals surface area contributed by atoms with Crippen LogP contribution in [-0.2, 0) is 9.59 Å². The Bertz CT molecular complexity index is 950. The van der Waals surface area contributed by atoms with E-state index in [1.54, 1.807) is 24.3 Å². The van der Waals surface area contributed by atoms with Gasteiger partial charge in [0.25, 0.3) is 0 Å². The molecule has 0 aliphatic carbocycles. The van der Waals surface area contributed by atoms with E-state index in [-0.39, 0.29) is 16.9 Å². The second-order valence-electron chi connectivity index (χ2n) is 6.46. The number of thiocarbonyl (C=S) groups is 1. The van der Waals surface area contributed by atoms with Gasteiger partial charge in [-0.15, -0.1) is 0 Å². The third-order valence-electron chi connectivity index (χ3n) is 4.23. The average molecular weight is 404 g/mol. The van der Waals surface area contributed by atoms with Crippen molar-refractivity contribution in [2.75, 3.05) is 10.6 Å². The summed E-state index contributed by atoms with van der Waals surface area (Å²) in [6.07, 6.45) is 0. The van der Waals surface area contributed by atoms with E-state index in [1.165, 1.54) is 6.92 Å². The summed E-state index contributed by atoms with van der Waals surface area (Å²) in [6.45, 7) is 1.45. The molecule has 3 aromatic rings. The van der Waals surface area contributed by atoms with Crippen molar-refractivity contribution in [3.63, 3.8) is 0 Å². The molecular weight excluding hydrogens is 382 g/mol. The van der Waals surface area contributed by atoms with E-state index in [2.05, 4.69) is 16.0 Å². The van der Waals surface area contributed by atoms with Crippen LogP contribution in [-0.4, -0.2) is 16.9 Å². The lowest BCUT2D eigenvalue weighted by molar-refractivity contribution is -0.120. The second-order valence-corrected chi connectivity index (χ2v) is 6.86. The molecule has 0 aliphatic heterocycles. The van der Waals surface area contributed by atoms with Crippen LogP contribution in [0.4, 0.5) is 11.4 Å². The molecule has 0 fully saturated rings. The maximum atomic E-state index is 13.0. The maximum Gasteiger partial charge on any atom is 0.238 e. The second kappa shape index (κ2) is 9.61. The van der Waals surface area contributed by atoms with E-state index in [9.17, 15) is 9.59 Å². The number of carbonyl (C=O) groups excluding carboxylic acids is 2. The normalized spacial score (nSPS) is 10.3. The Morgan fingerprint density at radius 3 is 1.62 bits per heavy atom. The van der Waals surface area contributed by atoms with Gasteiger partial charge >= 0.3 is 0 Å².